The fourth-order valence-corrected chi connectivity index (χ4v) is 3.16. The summed E-state index contributed by atoms with van der Waals surface area (Å²) < 4.78 is 15.6. The van der Waals surface area contributed by atoms with Crippen molar-refractivity contribution in [3.05, 3.63) is 29.8 Å². The first kappa shape index (κ1) is 22.0. The summed E-state index contributed by atoms with van der Waals surface area (Å²) in [6, 6.07) is 5.92. The molecule has 28 heavy (non-hydrogen) atoms. The molecule has 1 heterocycles. The lowest BCUT2D eigenvalue weighted by Gasteiger charge is -2.27. The molecule has 8 nitrogen and oxygen atoms in total. The van der Waals surface area contributed by atoms with Crippen molar-refractivity contribution < 1.29 is 28.6 Å². The number of rotatable bonds is 9. The highest BCUT2D eigenvalue weighted by molar-refractivity contribution is 7.98. The molecule has 0 aromatic heterocycles. The molecule has 1 saturated heterocycles. The van der Waals surface area contributed by atoms with Gasteiger partial charge in [0.1, 0.15) is 11.8 Å². The summed E-state index contributed by atoms with van der Waals surface area (Å²) in [6.07, 6.45) is 2.30. The first-order valence-corrected chi connectivity index (χ1v) is 10.4. The zero-order chi connectivity index (χ0) is 20.4. The van der Waals surface area contributed by atoms with Gasteiger partial charge in [-0.15, -0.1) is 0 Å². The molecule has 154 valence electrons. The normalized spacial score (nSPS) is 14.9. The minimum atomic E-state index is -0.845. The number of hydrogen-bond acceptors (Lipinski definition) is 7. The number of morpholine rings is 1. The van der Waals surface area contributed by atoms with Gasteiger partial charge in [-0.1, -0.05) is 12.1 Å². The molecule has 2 rings (SSSR count). The van der Waals surface area contributed by atoms with Crippen LogP contribution in [0.15, 0.2) is 24.3 Å². The Hall–Kier alpha value is -2.26. The van der Waals surface area contributed by atoms with Crippen molar-refractivity contribution in [1.82, 2.24) is 10.2 Å². The third-order valence-electron chi connectivity index (χ3n) is 4.25. The van der Waals surface area contributed by atoms with Crippen LogP contribution in [-0.2, 0) is 19.1 Å². The number of carbonyl (C=O) groups is 3. The number of carbonyl (C=O) groups excluding carboxylic acids is 3. The largest absolute Gasteiger partial charge is 0.496 e. The number of hydrogen-bond donors (Lipinski definition) is 1. The molecule has 0 saturated carbocycles. The zero-order valence-corrected chi connectivity index (χ0v) is 17.0. The van der Waals surface area contributed by atoms with Crippen molar-refractivity contribution in [2.75, 3.05) is 52.0 Å². The van der Waals surface area contributed by atoms with Crippen molar-refractivity contribution in [2.45, 2.75) is 12.5 Å². The van der Waals surface area contributed by atoms with Crippen molar-refractivity contribution in [3.8, 4) is 5.75 Å². The van der Waals surface area contributed by atoms with Gasteiger partial charge in [0.25, 0.3) is 11.8 Å². The molecule has 0 spiro atoms. The quantitative estimate of drug-likeness (QED) is 0.606. The maximum Gasteiger partial charge on any atom is 0.329 e. The smallest absolute Gasteiger partial charge is 0.329 e. The van der Waals surface area contributed by atoms with Crippen LogP contribution >= 0.6 is 11.8 Å². The fraction of sp³-hybridized carbons (Fsp3) is 0.526. The summed E-state index contributed by atoms with van der Waals surface area (Å²) in [5.74, 6) is -0.252. The number of para-hydroxylation sites is 1. The Morgan fingerprint density at radius 1 is 1.25 bits per heavy atom. The van der Waals surface area contributed by atoms with E-state index >= 15 is 0 Å². The minimum absolute atomic E-state index is 0.267. The van der Waals surface area contributed by atoms with Crippen LogP contribution in [0.4, 0.5) is 0 Å². The third kappa shape index (κ3) is 6.42. The number of nitrogens with one attached hydrogen (secondary N) is 1. The van der Waals surface area contributed by atoms with Crippen LogP contribution in [0.2, 0.25) is 0 Å². The van der Waals surface area contributed by atoms with Crippen LogP contribution < -0.4 is 10.1 Å². The molecule has 1 atom stereocenters. The predicted octanol–water partition coefficient (Wildman–Crippen LogP) is 0.949. The Kier molecular flexibility index (Phi) is 9.09. The van der Waals surface area contributed by atoms with Crippen LogP contribution in [0, 0.1) is 0 Å². The zero-order valence-electron chi connectivity index (χ0n) is 16.1. The van der Waals surface area contributed by atoms with Gasteiger partial charge in [0.2, 0.25) is 0 Å². The van der Waals surface area contributed by atoms with E-state index in [2.05, 4.69) is 5.32 Å². The van der Waals surface area contributed by atoms with Crippen molar-refractivity contribution in [1.29, 1.82) is 0 Å². The second-order valence-electron chi connectivity index (χ2n) is 6.11. The average Bonchev–Trinajstić information content (AvgIpc) is 2.75. The van der Waals surface area contributed by atoms with E-state index in [1.54, 1.807) is 40.9 Å². The number of methoxy groups -OCH3 is 1. The van der Waals surface area contributed by atoms with E-state index in [4.69, 9.17) is 14.2 Å². The lowest BCUT2D eigenvalue weighted by Crippen LogP contribution is -2.45. The summed E-state index contributed by atoms with van der Waals surface area (Å²) in [6.45, 7) is 1.57. The summed E-state index contributed by atoms with van der Waals surface area (Å²) in [5.41, 5.74) is 0.330. The van der Waals surface area contributed by atoms with Gasteiger partial charge in [0.15, 0.2) is 6.61 Å². The van der Waals surface area contributed by atoms with Crippen LogP contribution in [0.25, 0.3) is 0 Å². The van der Waals surface area contributed by atoms with Gasteiger partial charge in [0, 0.05) is 13.1 Å². The molecule has 0 radical (unpaired) electrons. The number of nitrogens with zero attached hydrogens (tertiary/aromatic N) is 1. The number of amides is 2. The number of esters is 1. The molecule has 1 fully saturated rings. The summed E-state index contributed by atoms with van der Waals surface area (Å²) in [7, 11) is 1.48. The SMILES string of the molecule is COc1ccccc1C(=O)N[C@@H](CCSC)C(=O)OCC(=O)N1CCOCC1. The van der Waals surface area contributed by atoms with Gasteiger partial charge < -0.3 is 24.4 Å². The van der Waals surface area contributed by atoms with Crippen molar-refractivity contribution >= 4 is 29.5 Å². The Balaban J connectivity index is 1.96. The van der Waals surface area contributed by atoms with E-state index in [0.29, 0.717) is 49.8 Å². The highest BCUT2D eigenvalue weighted by Crippen LogP contribution is 2.17. The van der Waals surface area contributed by atoms with E-state index in [0.717, 1.165) is 0 Å². The lowest BCUT2D eigenvalue weighted by molar-refractivity contribution is -0.155. The highest BCUT2D eigenvalue weighted by Gasteiger charge is 2.26. The van der Waals surface area contributed by atoms with Gasteiger partial charge >= 0.3 is 5.97 Å². The van der Waals surface area contributed by atoms with E-state index in [-0.39, 0.29) is 12.5 Å². The maximum absolute atomic E-state index is 12.6. The van der Waals surface area contributed by atoms with E-state index < -0.39 is 17.9 Å². The highest BCUT2D eigenvalue weighted by atomic mass is 32.2. The van der Waals surface area contributed by atoms with Gasteiger partial charge in [-0.05, 0) is 30.6 Å². The molecule has 1 aliphatic heterocycles. The molecular formula is C19H26N2O6S. The fourth-order valence-electron chi connectivity index (χ4n) is 2.69. The molecule has 1 N–H and O–H groups in total. The van der Waals surface area contributed by atoms with Crippen LogP contribution in [0.3, 0.4) is 0 Å². The second kappa shape index (κ2) is 11.6. The van der Waals surface area contributed by atoms with E-state index in [9.17, 15) is 14.4 Å². The topological polar surface area (TPSA) is 94.2 Å². The Labute approximate surface area is 168 Å². The first-order chi connectivity index (χ1) is 13.6. The number of benzene rings is 1. The van der Waals surface area contributed by atoms with E-state index in [1.807, 2.05) is 6.26 Å². The molecular weight excluding hydrogens is 384 g/mol. The monoisotopic (exact) mass is 410 g/mol. The van der Waals surface area contributed by atoms with Gasteiger partial charge in [-0.25, -0.2) is 4.79 Å². The third-order valence-corrected chi connectivity index (χ3v) is 4.90. The molecule has 0 bridgehead atoms. The van der Waals surface area contributed by atoms with Crippen LogP contribution in [-0.4, -0.2) is 80.8 Å². The molecule has 0 unspecified atom stereocenters. The molecule has 1 aliphatic rings. The van der Waals surface area contributed by atoms with Crippen LogP contribution in [0.5, 0.6) is 5.75 Å². The van der Waals surface area contributed by atoms with Crippen molar-refractivity contribution in [2.24, 2.45) is 0 Å². The molecule has 2 amide bonds. The molecule has 0 aliphatic carbocycles. The van der Waals surface area contributed by atoms with Gasteiger partial charge in [0.05, 0.1) is 25.9 Å². The standard InChI is InChI=1S/C19H26N2O6S/c1-25-16-6-4-3-5-14(16)18(23)20-15(7-12-28-2)19(24)27-13-17(22)21-8-10-26-11-9-21/h3-6,15H,7-13H2,1-2H3,(H,20,23)/t15-/m0/s1. The minimum Gasteiger partial charge on any atom is -0.496 e. The second-order valence-corrected chi connectivity index (χ2v) is 7.09. The van der Waals surface area contributed by atoms with Gasteiger partial charge in [-0.2, -0.15) is 11.8 Å². The number of ether oxygens (including phenoxy) is 3. The molecule has 1 aromatic carbocycles. The lowest BCUT2D eigenvalue weighted by atomic mass is 10.1. The van der Waals surface area contributed by atoms with E-state index in [1.165, 1.54) is 7.11 Å². The first-order valence-electron chi connectivity index (χ1n) is 9.01. The molecule has 9 heteroatoms. The molecule has 1 aromatic rings. The summed E-state index contributed by atoms with van der Waals surface area (Å²) >= 11 is 1.55. The number of thioether (sulfide) groups is 1. The summed E-state index contributed by atoms with van der Waals surface area (Å²) in [5, 5.41) is 2.69. The Morgan fingerprint density at radius 3 is 2.64 bits per heavy atom. The Bertz CT molecular complexity index is 678. The average molecular weight is 410 g/mol. The van der Waals surface area contributed by atoms with Crippen LogP contribution in [0.1, 0.15) is 16.8 Å². The Morgan fingerprint density at radius 2 is 1.96 bits per heavy atom. The van der Waals surface area contributed by atoms with Crippen molar-refractivity contribution in [3.63, 3.8) is 0 Å². The van der Waals surface area contributed by atoms with Gasteiger partial charge in [-0.3, -0.25) is 9.59 Å². The maximum atomic E-state index is 12.6. The predicted molar refractivity (Wildman–Crippen MR) is 106 cm³/mol. The summed E-state index contributed by atoms with van der Waals surface area (Å²) in [4.78, 5) is 38.8.